The Balaban J connectivity index is 2.52. The normalized spacial score (nSPS) is 20.1. The Morgan fingerprint density at radius 3 is 2.77 bits per heavy atom. The number of ketones is 2. The second-order valence-corrected chi connectivity index (χ2v) is 3.39. The first-order valence-electron chi connectivity index (χ1n) is 4.31. The molecule has 1 aromatic carbocycles. The van der Waals surface area contributed by atoms with Gasteiger partial charge >= 0.3 is 0 Å². The van der Waals surface area contributed by atoms with E-state index < -0.39 is 5.92 Å². The van der Waals surface area contributed by atoms with Gasteiger partial charge in [0.2, 0.25) is 0 Å². The van der Waals surface area contributed by atoms with Crippen LogP contribution in [0.5, 0.6) is 0 Å². The molecule has 0 saturated heterocycles. The maximum absolute atomic E-state index is 11.5. The monoisotopic (exact) mass is 174 g/mol. The molecule has 1 aliphatic rings. The number of benzene rings is 1. The summed E-state index contributed by atoms with van der Waals surface area (Å²) in [6, 6.07) is 7.55. The van der Waals surface area contributed by atoms with Gasteiger partial charge in [0, 0.05) is 6.42 Å². The Hall–Kier alpha value is -1.44. The van der Waals surface area contributed by atoms with Crippen molar-refractivity contribution in [3.8, 4) is 0 Å². The predicted octanol–water partition coefficient (Wildman–Crippen LogP) is 1.48. The van der Waals surface area contributed by atoms with Crippen LogP contribution in [0.3, 0.4) is 0 Å². The van der Waals surface area contributed by atoms with E-state index in [1.807, 2.05) is 24.3 Å². The zero-order valence-electron chi connectivity index (χ0n) is 7.41. The van der Waals surface area contributed by atoms with Crippen molar-refractivity contribution in [2.24, 2.45) is 0 Å². The average molecular weight is 174 g/mol. The Kier molecular flexibility index (Phi) is 1.76. The van der Waals surface area contributed by atoms with Crippen molar-refractivity contribution < 1.29 is 9.59 Å². The molecule has 0 saturated carbocycles. The van der Waals surface area contributed by atoms with E-state index in [0.717, 1.165) is 11.1 Å². The molecular weight excluding hydrogens is 164 g/mol. The van der Waals surface area contributed by atoms with Crippen LogP contribution < -0.4 is 0 Å². The number of hydrogen-bond donors (Lipinski definition) is 0. The van der Waals surface area contributed by atoms with Gasteiger partial charge in [0.15, 0.2) is 5.78 Å². The first kappa shape index (κ1) is 8.17. The van der Waals surface area contributed by atoms with Crippen LogP contribution in [0.1, 0.15) is 24.0 Å². The number of Topliss-reactive ketones (excluding diaryl/α,β-unsaturated/α-hetero) is 2. The van der Waals surface area contributed by atoms with Crippen LogP contribution in [0.4, 0.5) is 0 Å². The summed E-state index contributed by atoms with van der Waals surface area (Å²) in [6.07, 6.45) is 0.417. The molecule has 1 aromatic rings. The molecule has 0 bridgehead atoms. The molecule has 0 N–H and O–H groups in total. The summed E-state index contributed by atoms with van der Waals surface area (Å²) in [5, 5.41) is 0. The molecule has 0 aromatic heterocycles. The van der Waals surface area contributed by atoms with E-state index >= 15 is 0 Å². The Morgan fingerprint density at radius 1 is 1.38 bits per heavy atom. The van der Waals surface area contributed by atoms with E-state index in [2.05, 4.69) is 0 Å². The number of rotatable bonds is 1. The Labute approximate surface area is 76.6 Å². The SMILES string of the molecule is CC(=O)C1C(=O)Cc2ccccc21. The minimum atomic E-state index is -0.490. The molecule has 0 heterocycles. The highest BCUT2D eigenvalue weighted by atomic mass is 16.1. The zero-order chi connectivity index (χ0) is 9.42. The largest absolute Gasteiger partial charge is 0.299 e. The van der Waals surface area contributed by atoms with Gasteiger partial charge in [0.1, 0.15) is 11.7 Å². The van der Waals surface area contributed by atoms with Gasteiger partial charge in [-0.1, -0.05) is 24.3 Å². The molecule has 1 aliphatic carbocycles. The van der Waals surface area contributed by atoms with Crippen molar-refractivity contribution in [2.45, 2.75) is 19.3 Å². The van der Waals surface area contributed by atoms with E-state index in [9.17, 15) is 9.59 Å². The summed E-state index contributed by atoms with van der Waals surface area (Å²) in [4.78, 5) is 22.7. The van der Waals surface area contributed by atoms with Gasteiger partial charge in [-0.15, -0.1) is 0 Å². The fourth-order valence-electron chi connectivity index (χ4n) is 1.89. The van der Waals surface area contributed by atoms with Crippen LogP contribution in [0, 0.1) is 0 Å². The second kappa shape index (κ2) is 2.80. The highest BCUT2D eigenvalue weighted by Gasteiger charge is 2.33. The van der Waals surface area contributed by atoms with E-state index in [0.29, 0.717) is 6.42 Å². The lowest BCUT2D eigenvalue weighted by Crippen LogP contribution is -2.14. The molecule has 2 rings (SSSR count). The van der Waals surface area contributed by atoms with E-state index in [1.54, 1.807) is 0 Å². The van der Waals surface area contributed by atoms with Gasteiger partial charge in [-0.25, -0.2) is 0 Å². The van der Waals surface area contributed by atoms with Crippen LogP contribution in [0.2, 0.25) is 0 Å². The van der Waals surface area contributed by atoms with Gasteiger partial charge in [0.25, 0.3) is 0 Å². The molecule has 66 valence electrons. The van der Waals surface area contributed by atoms with Crippen molar-refractivity contribution in [2.75, 3.05) is 0 Å². The van der Waals surface area contributed by atoms with Crippen molar-refractivity contribution in [3.63, 3.8) is 0 Å². The number of carbonyl (C=O) groups is 2. The number of carbonyl (C=O) groups excluding carboxylic acids is 2. The summed E-state index contributed by atoms with van der Waals surface area (Å²) in [6.45, 7) is 1.48. The summed E-state index contributed by atoms with van der Waals surface area (Å²) in [5.41, 5.74) is 1.91. The van der Waals surface area contributed by atoms with E-state index in [-0.39, 0.29) is 11.6 Å². The summed E-state index contributed by atoms with van der Waals surface area (Å²) >= 11 is 0. The third-order valence-electron chi connectivity index (χ3n) is 2.46. The highest BCUT2D eigenvalue weighted by molar-refractivity contribution is 6.10. The third-order valence-corrected chi connectivity index (χ3v) is 2.46. The standard InChI is InChI=1S/C11H10O2/c1-7(12)11-9-5-3-2-4-8(9)6-10(11)13/h2-5,11H,6H2,1H3. The molecule has 2 nitrogen and oxygen atoms in total. The molecule has 0 amide bonds. The first-order chi connectivity index (χ1) is 6.20. The van der Waals surface area contributed by atoms with Crippen LogP contribution in [-0.2, 0) is 16.0 Å². The van der Waals surface area contributed by atoms with Gasteiger partial charge in [-0.05, 0) is 18.1 Å². The van der Waals surface area contributed by atoms with E-state index in [1.165, 1.54) is 6.92 Å². The lowest BCUT2D eigenvalue weighted by Gasteiger charge is -2.04. The summed E-state index contributed by atoms with van der Waals surface area (Å²) < 4.78 is 0. The molecule has 0 aliphatic heterocycles. The van der Waals surface area contributed by atoms with Crippen molar-refractivity contribution >= 4 is 11.6 Å². The van der Waals surface area contributed by atoms with Gasteiger partial charge < -0.3 is 0 Å². The lowest BCUT2D eigenvalue weighted by molar-refractivity contribution is -0.126. The summed E-state index contributed by atoms with van der Waals surface area (Å²) in [5.74, 6) is -0.500. The zero-order valence-corrected chi connectivity index (χ0v) is 7.41. The highest BCUT2D eigenvalue weighted by Crippen LogP contribution is 2.30. The number of hydrogen-bond acceptors (Lipinski definition) is 2. The molecule has 0 radical (unpaired) electrons. The molecule has 1 unspecified atom stereocenters. The predicted molar refractivity (Wildman–Crippen MR) is 48.6 cm³/mol. The van der Waals surface area contributed by atoms with Crippen molar-refractivity contribution in [1.82, 2.24) is 0 Å². The van der Waals surface area contributed by atoms with Crippen LogP contribution >= 0.6 is 0 Å². The first-order valence-corrected chi connectivity index (χ1v) is 4.31. The van der Waals surface area contributed by atoms with Gasteiger partial charge in [-0.3, -0.25) is 9.59 Å². The van der Waals surface area contributed by atoms with Crippen LogP contribution in [-0.4, -0.2) is 11.6 Å². The van der Waals surface area contributed by atoms with Gasteiger partial charge in [0.05, 0.1) is 0 Å². The number of fused-ring (bicyclic) bond motifs is 1. The fourth-order valence-corrected chi connectivity index (χ4v) is 1.89. The Morgan fingerprint density at radius 2 is 2.08 bits per heavy atom. The molecule has 1 atom stereocenters. The maximum atomic E-state index is 11.5. The van der Waals surface area contributed by atoms with Crippen LogP contribution in [0.15, 0.2) is 24.3 Å². The molecule has 2 heteroatoms. The average Bonchev–Trinajstić information content (AvgIpc) is 2.39. The lowest BCUT2D eigenvalue weighted by atomic mass is 9.97. The minimum absolute atomic E-state index is 0.0358. The third kappa shape index (κ3) is 1.18. The molecule has 13 heavy (non-hydrogen) atoms. The fraction of sp³-hybridized carbons (Fsp3) is 0.273. The molecular formula is C11H10O2. The second-order valence-electron chi connectivity index (χ2n) is 3.39. The molecule has 0 spiro atoms. The topological polar surface area (TPSA) is 34.1 Å². The van der Waals surface area contributed by atoms with Crippen LogP contribution in [0.25, 0.3) is 0 Å². The van der Waals surface area contributed by atoms with Crippen molar-refractivity contribution in [3.05, 3.63) is 35.4 Å². The maximum Gasteiger partial charge on any atom is 0.152 e. The summed E-state index contributed by atoms with van der Waals surface area (Å²) in [7, 11) is 0. The smallest absolute Gasteiger partial charge is 0.152 e. The minimum Gasteiger partial charge on any atom is -0.299 e. The Bertz CT molecular complexity index is 379. The molecule has 0 fully saturated rings. The van der Waals surface area contributed by atoms with E-state index in [4.69, 9.17) is 0 Å². The van der Waals surface area contributed by atoms with Crippen molar-refractivity contribution in [1.29, 1.82) is 0 Å². The van der Waals surface area contributed by atoms with Gasteiger partial charge in [-0.2, -0.15) is 0 Å². The quantitative estimate of drug-likeness (QED) is 0.604.